The Morgan fingerprint density at radius 3 is 2.77 bits per heavy atom. The number of carbonyl (C=O) groups is 1. The van der Waals surface area contributed by atoms with Crippen molar-refractivity contribution in [2.45, 2.75) is 25.0 Å². The summed E-state index contributed by atoms with van der Waals surface area (Å²) in [5, 5.41) is 2.73. The van der Waals surface area contributed by atoms with Gasteiger partial charge in [0.15, 0.2) is 0 Å². The van der Waals surface area contributed by atoms with E-state index in [2.05, 4.69) is 5.32 Å². The van der Waals surface area contributed by atoms with Crippen LogP contribution < -0.4 is 15.8 Å². The third kappa shape index (κ3) is 5.81. The van der Waals surface area contributed by atoms with Crippen LogP contribution in [0, 0.1) is 0 Å². The maximum Gasteiger partial charge on any atom is 0.243 e. The molecule has 0 aliphatic carbocycles. The van der Waals surface area contributed by atoms with Gasteiger partial charge in [-0.3, -0.25) is 4.79 Å². The molecule has 1 aliphatic heterocycles. The van der Waals surface area contributed by atoms with Gasteiger partial charge in [0.1, 0.15) is 18.4 Å². The first-order valence-corrected chi connectivity index (χ1v) is 7.09. The van der Waals surface area contributed by atoms with Crippen molar-refractivity contribution in [2.75, 3.05) is 32.2 Å². The third-order valence-electron chi connectivity index (χ3n) is 3.26. The summed E-state index contributed by atoms with van der Waals surface area (Å²) in [5.74, 6) is 0.481. The molecule has 1 saturated heterocycles. The molecule has 0 saturated carbocycles. The lowest BCUT2D eigenvalue weighted by Crippen LogP contribution is -2.39. The lowest BCUT2D eigenvalue weighted by atomic mass is 10.2. The highest BCUT2D eigenvalue weighted by Gasteiger charge is 2.16. The molecule has 0 bridgehead atoms. The van der Waals surface area contributed by atoms with Crippen LogP contribution in [0.3, 0.4) is 0 Å². The van der Waals surface area contributed by atoms with Crippen LogP contribution in [0.2, 0.25) is 0 Å². The van der Waals surface area contributed by atoms with Crippen LogP contribution in [0.4, 0.5) is 5.69 Å². The van der Waals surface area contributed by atoms with Gasteiger partial charge in [0, 0.05) is 19.4 Å². The number of halogens is 1. The second kappa shape index (κ2) is 9.63. The maximum absolute atomic E-state index is 11.7. The van der Waals surface area contributed by atoms with Gasteiger partial charge in [0.2, 0.25) is 5.91 Å². The van der Waals surface area contributed by atoms with Crippen molar-refractivity contribution in [2.24, 2.45) is 5.73 Å². The number of hydrogen-bond acceptors (Lipinski definition) is 5. The van der Waals surface area contributed by atoms with Crippen molar-refractivity contribution in [3.8, 4) is 5.75 Å². The predicted molar refractivity (Wildman–Crippen MR) is 86.6 cm³/mol. The zero-order valence-corrected chi connectivity index (χ0v) is 13.4. The molecule has 3 N–H and O–H groups in total. The standard InChI is InChI=1S/C15H22N2O4.ClH/c1-19-10-14(16)15(18)17-11-4-6-12(7-5-11)21-9-13-3-2-8-20-13;/h4-7,13-14H,2-3,8-10,16H2,1H3,(H,17,18);1H. The molecular weight excluding hydrogens is 308 g/mol. The average Bonchev–Trinajstić information content (AvgIpc) is 3.00. The largest absolute Gasteiger partial charge is 0.491 e. The Balaban J connectivity index is 0.00000242. The molecule has 124 valence electrons. The molecule has 0 spiro atoms. The van der Waals surface area contributed by atoms with Crippen molar-refractivity contribution in [3.63, 3.8) is 0 Å². The van der Waals surface area contributed by atoms with E-state index in [4.69, 9.17) is 19.9 Å². The van der Waals surface area contributed by atoms with E-state index in [1.54, 1.807) is 12.1 Å². The molecule has 7 heteroatoms. The fourth-order valence-corrected chi connectivity index (χ4v) is 2.09. The van der Waals surface area contributed by atoms with Crippen molar-refractivity contribution in [3.05, 3.63) is 24.3 Å². The molecule has 6 nitrogen and oxygen atoms in total. The highest BCUT2D eigenvalue weighted by atomic mass is 35.5. The Bertz CT molecular complexity index is 449. The molecule has 0 aromatic heterocycles. The van der Waals surface area contributed by atoms with Gasteiger partial charge in [-0.2, -0.15) is 0 Å². The fraction of sp³-hybridized carbons (Fsp3) is 0.533. The van der Waals surface area contributed by atoms with E-state index >= 15 is 0 Å². The van der Waals surface area contributed by atoms with Gasteiger partial charge in [-0.25, -0.2) is 0 Å². The fourth-order valence-electron chi connectivity index (χ4n) is 2.09. The van der Waals surface area contributed by atoms with Crippen LogP contribution in [-0.2, 0) is 14.3 Å². The minimum atomic E-state index is -0.676. The quantitative estimate of drug-likeness (QED) is 0.793. The average molecular weight is 331 g/mol. The number of anilines is 1. The Morgan fingerprint density at radius 2 is 2.18 bits per heavy atom. The van der Waals surface area contributed by atoms with E-state index in [-0.39, 0.29) is 31.0 Å². The van der Waals surface area contributed by atoms with E-state index in [0.717, 1.165) is 25.2 Å². The van der Waals surface area contributed by atoms with Crippen LogP contribution in [0.25, 0.3) is 0 Å². The zero-order chi connectivity index (χ0) is 15.1. The summed E-state index contributed by atoms with van der Waals surface area (Å²) in [4.78, 5) is 11.7. The predicted octanol–water partition coefficient (Wildman–Crippen LogP) is 1.58. The Morgan fingerprint density at radius 1 is 1.45 bits per heavy atom. The summed E-state index contributed by atoms with van der Waals surface area (Å²) in [5.41, 5.74) is 6.32. The minimum absolute atomic E-state index is 0. The first kappa shape index (κ1) is 18.7. The third-order valence-corrected chi connectivity index (χ3v) is 3.26. The van der Waals surface area contributed by atoms with Gasteiger partial charge < -0.3 is 25.3 Å². The first-order chi connectivity index (χ1) is 10.2. The van der Waals surface area contributed by atoms with E-state index < -0.39 is 6.04 Å². The van der Waals surface area contributed by atoms with Crippen molar-refractivity contribution in [1.82, 2.24) is 0 Å². The molecule has 1 heterocycles. The van der Waals surface area contributed by atoms with Crippen LogP contribution in [0.5, 0.6) is 5.75 Å². The molecule has 1 aliphatic rings. The summed E-state index contributed by atoms with van der Waals surface area (Å²) in [7, 11) is 1.51. The summed E-state index contributed by atoms with van der Waals surface area (Å²) in [6.45, 7) is 1.57. The Hall–Kier alpha value is -1.34. The van der Waals surface area contributed by atoms with E-state index in [9.17, 15) is 4.79 Å². The van der Waals surface area contributed by atoms with Gasteiger partial charge >= 0.3 is 0 Å². The number of benzene rings is 1. The van der Waals surface area contributed by atoms with Crippen LogP contribution in [-0.4, -0.2) is 45.0 Å². The van der Waals surface area contributed by atoms with Crippen molar-refractivity contribution in [1.29, 1.82) is 0 Å². The molecule has 2 atom stereocenters. The van der Waals surface area contributed by atoms with Gasteiger partial charge in [0.05, 0.1) is 12.7 Å². The SMILES string of the molecule is COCC(N)C(=O)Nc1ccc(OCC2CCCO2)cc1.Cl. The monoisotopic (exact) mass is 330 g/mol. The second-order valence-electron chi connectivity index (χ2n) is 5.02. The Labute approximate surface area is 136 Å². The normalized spacial score (nSPS) is 18.4. The molecule has 1 aromatic rings. The second-order valence-corrected chi connectivity index (χ2v) is 5.02. The number of amides is 1. The molecule has 1 fully saturated rings. The lowest BCUT2D eigenvalue weighted by Gasteiger charge is -2.13. The van der Waals surface area contributed by atoms with Crippen LogP contribution >= 0.6 is 12.4 Å². The van der Waals surface area contributed by atoms with Gasteiger partial charge in [-0.15, -0.1) is 12.4 Å². The highest BCUT2D eigenvalue weighted by Crippen LogP contribution is 2.18. The molecule has 0 radical (unpaired) electrons. The Kier molecular flexibility index (Phi) is 8.19. The number of nitrogens with two attached hydrogens (primary N) is 1. The number of carbonyl (C=O) groups excluding carboxylic acids is 1. The molecule has 22 heavy (non-hydrogen) atoms. The topological polar surface area (TPSA) is 82.8 Å². The maximum atomic E-state index is 11.7. The summed E-state index contributed by atoms with van der Waals surface area (Å²) < 4.78 is 16.0. The summed E-state index contributed by atoms with van der Waals surface area (Å²) in [6, 6.07) is 6.51. The molecule has 2 rings (SSSR count). The van der Waals surface area contributed by atoms with Gasteiger partial charge in [-0.05, 0) is 37.1 Å². The lowest BCUT2D eigenvalue weighted by molar-refractivity contribution is -0.118. The highest BCUT2D eigenvalue weighted by molar-refractivity contribution is 5.94. The van der Waals surface area contributed by atoms with E-state index in [1.807, 2.05) is 12.1 Å². The van der Waals surface area contributed by atoms with Crippen LogP contribution in [0.15, 0.2) is 24.3 Å². The van der Waals surface area contributed by atoms with E-state index in [1.165, 1.54) is 7.11 Å². The van der Waals surface area contributed by atoms with Crippen LogP contribution in [0.1, 0.15) is 12.8 Å². The number of ether oxygens (including phenoxy) is 3. The number of rotatable bonds is 7. The number of nitrogens with one attached hydrogen (secondary N) is 1. The van der Waals surface area contributed by atoms with Crippen molar-refractivity contribution < 1.29 is 19.0 Å². The van der Waals surface area contributed by atoms with Crippen molar-refractivity contribution >= 4 is 24.0 Å². The number of hydrogen-bond donors (Lipinski definition) is 2. The zero-order valence-electron chi connectivity index (χ0n) is 12.6. The number of methoxy groups -OCH3 is 1. The van der Waals surface area contributed by atoms with E-state index in [0.29, 0.717) is 12.3 Å². The summed E-state index contributed by atoms with van der Waals surface area (Å²) in [6.07, 6.45) is 2.34. The summed E-state index contributed by atoms with van der Waals surface area (Å²) >= 11 is 0. The smallest absolute Gasteiger partial charge is 0.243 e. The van der Waals surface area contributed by atoms with Gasteiger partial charge in [0.25, 0.3) is 0 Å². The molecule has 1 aromatic carbocycles. The first-order valence-electron chi connectivity index (χ1n) is 7.09. The molecule has 2 unspecified atom stereocenters. The molecular formula is C15H23ClN2O4. The van der Waals surface area contributed by atoms with Gasteiger partial charge in [-0.1, -0.05) is 0 Å². The molecule has 1 amide bonds. The minimum Gasteiger partial charge on any atom is -0.491 e.